The molecule has 0 aliphatic carbocycles. The standard InChI is InChI=1S/C16H19N5O2/c1-10(11-7-5-4-6-8-11)17-9-12-18-13-14(19-12)20(2)16(23)21(3)15(13)22/h4-8,10,17H,9H2,1-3H3,(H,18,19)/t10-/m0/s1. The summed E-state index contributed by atoms with van der Waals surface area (Å²) in [5.41, 5.74) is 1.15. The molecule has 3 aromatic rings. The SMILES string of the molecule is C[C@H](NCc1nc2c([nH]1)c(=O)n(C)c(=O)n2C)c1ccccc1. The molecule has 1 atom stereocenters. The van der Waals surface area contributed by atoms with E-state index in [1.165, 1.54) is 17.2 Å². The van der Waals surface area contributed by atoms with Gasteiger partial charge in [-0.2, -0.15) is 0 Å². The van der Waals surface area contributed by atoms with Crippen LogP contribution in [0.4, 0.5) is 0 Å². The van der Waals surface area contributed by atoms with Gasteiger partial charge >= 0.3 is 5.69 Å². The van der Waals surface area contributed by atoms with Crippen LogP contribution in [0.25, 0.3) is 11.2 Å². The third kappa shape index (κ3) is 2.70. The van der Waals surface area contributed by atoms with Gasteiger partial charge in [0.15, 0.2) is 5.65 Å². The second kappa shape index (κ2) is 5.85. The summed E-state index contributed by atoms with van der Waals surface area (Å²) in [6.45, 7) is 2.54. The summed E-state index contributed by atoms with van der Waals surface area (Å²) >= 11 is 0. The van der Waals surface area contributed by atoms with Crippen LogP contribution >= 0.6 is 0 Å². The molecule has 7 nitrogen and oxygen atoms in total. The second-order valence-corrected chi connectivity index (χ2v) is 5.60. The lowest BCUT2D eigenvalue weighted by molar-refractivity contribution is 0.562. The molecule has 0 unspecified atom stereocenters. The van der Waals surface area contributed by atoms with E-state index in [1.807, 2.05) is 18.2 Å². The van der Waals surface area contributed by atoms with Gasteiger partial charge in [0, 0.05) is 20.1 Å². The number of benzene rings is 1. The average molecular weight is 313 g/mol. The second-order valence-electron chi connectivity index (χ2n) is 5.60. The van der Waals surface area contributed by atoms with Crippen LogP contribution in [0.2, 0.25) is 0 Å². The number of hydrogen-bond donors (Lipinski definition) is 2. The lowest BCUT2D eigenvalue weighted by Crippen LogP contribution is -2.36. The van der Waals surface area contributed by atoms with E-state index in [-0.39, 0.29) is 17.3 Å². The van der Waals surface area contributed by atoms with Crippen LogP contribution in [0.15, 0.2) is 39.9 Å². The molecule has 1 aromatic carbocycles. The van der Waals surface area contributed by atoms with E-state index in [2.05, 4.69) is 34.3 Å². The maximum Gasteiger partial charge on any atom is 0.332 e. The molecule has 23 heavy (non-hydrogen) atoms. The highest BCUT2D eigenvalue weighted by atomic mass is 16.2. The lowest BCUT2D eigenvalue weighted by Gasteiger charge is -2.12. The molecule has 0 fully saturated rings. The van der Waals surface area contributed by atoms with Crippen molar-refractivity contribution in [1.29, 1.82) is 0 Å². The molecule has 0 saturated heterocycles. The summed E-state index contributed by atoms with van der Waals surface area (Å²) in [4.78, 5) is 31.4. The van der Waals surface area contributed by atoms with Gasteiger partial charge in [0.05, 0.1) is 6.54 Å². The summed E-state index contributed by atoms with van der Waals surface area (Å²) in [7, 11) is 3.06. The van der Waals surface area contributed by atoms with Gasteiger partial charge < -0.3 is 10.3 Å². The summed E-state index contributed by atoms with van der Waals surface area (Å²) in [6, 6.07) is 10.2. The van der Waals surface area contributed by atoms with E-state index in [4.69, 9.17) is 0 Å². The van der Waals surface area contributed by atoms with Gasteiger partial charge in [-0.05, 0) is 12.5 Å². The molecule has 0 amide bonds. The van der Waals surface area contributed by atoms with Crippen molar-refractivity contribution in [3.05, 3.63) is 62.6 Å². The van der Waals surface area contributed by atoms with E-state index in [0.717, 1.165) is 4.57 Å². The quantitative estimate of drug-likeness (QED) is 0.746. The van der Waals surface area contributed by atoms with Crippen LogP contribution in [0.5, 0.6) is 0 Å². The van der Waals surface area contributed by atoms with Crippen LogP contribution < -0.4 is 16.6 Å². The number of aryl methyl sites for hydroxylation is 1. The van der Waals surface area contributed by atoms with Crippen molar-refractivity contribution < 1.29 is 0 Å². The van der Waals surface area contributed by atoms with Gasteiger partial charge in [-0.15, -0.1) is 0 Å². The van der Waals surface area contributed by atoms with Gasteiger partial charge in [0.2, 0.25) is 0 Å². The first-order valence-corrected chi connectivity index (χ1v) is 7.42. The van der Waals surface area contributed by atoms with Crippen molar-refractivity contribution >= 4 is 11.2 Å². The Hall–Kier alpha value is -2.67. The number of imidazole rings is 1. The molecule has 7 heteroatoms. The number of aromatic amines is 1. The molecule has 0 radical (unpaired) electrons. The summed E-state index contributed by atoms with van der Waals surface area (Å²) in [5, 5.41) is 3.35. The minimum absolute atomic E-state index is 0.149. The summed E-state index contributed by atoms with van der Waals surface area (Å²) in [6.07, 6.45) is 0. The Labute approximate surface area is 132 Å². The number of fused-ring (bicyclic) bond motifs is 1. The topological polar surface area (TPSA) is 84.7 Å². The largest absolute Gasteiger partial charge is 0.335 e. The van der Waals surface area contributed by atoms with Crippen LogP contribution in [0, 0.1) is 0 Å². The third-order valence-corrected chi connectivity index (χ3v) is 4.02. The van der Waals surface area contributed by atoms with Crippen molar-refractivity contribution in [2.45, 2.75) is 19.5 Å². The zero-order valence-corrected chi connectivity index (χ0v) is 13.3. The fourth-order valence-corrected chi connectivity index (χ4v) is 2.57. The van der Waals surface area contributed by atoms with Gasteiger partial charge in [0.25, 0.3) is 5.56 Å². The first kappa shape index (κ1) is 15.2. The van der Waals surface area contributed by atoms with E-state index in [1.54, 1.807) is 7.05 Å². The van der Waals surface area contributed by atoms with Crippen molar-refractivity contribution in [3.63, 3.8) is 0 Å². The van der Waals surface area contributed by atoms with Crippen molar-refractivity contribution in [3.8, 4) is 0 Å². The molecule has 0 saturated carbocycles. The van der Waals surface area contributed by atoms with Crippen LogP contribution in [0.1, 0.15) is 24.4 Å². The highest BCUT2D eigenvalue weighted by molar-refractivity contribution is 5.69. The van der Waals surface area contributed by atoms with Crippen molar-refractivity contribution in [2.24, 2.45) is 14.1 Å². The highest BCUT2D eigenvalue weighted by Gasteiger charge is 2.13. The smallest absolute Gasteiger partial charge is 0.332 e. The first-order chi connectivity index (χ1) is 11.0. The Kier molecular flexibility index (Phi) is 3.87. The predicted molar refractivity (Wildman–Crippen MR) is 88.3 cm³/mol. The molecule has 3 rings (SSSR count). The van der Waals surface area contributed by atoms with Gasteiger partial charge in [-0.1, -0.05) is 30.3 Å². The van der Waals surface area contributed by atoms with E-state index in [0.29, 0.717) is 23.5 Å². The Bertz CT molecular complexity index is 952. The monoisotopic (exact) mass is 313 g/mol. The maximum absolute atomic E-state index is 12.1. The Balaban J connectivity index is 1.88. The molecule has 0 spiro atoms. The minimum Gasteiger partial charge on any atom is -0.335 e. The zero-order valence-electron chi connectivity index (χ0n) is 13.3. The summed E-state index contributed by atoms with van der Waals surface area (Å²) < 4.78 is 2.45. The molecule has 0 aliphatic rings. The minimum atomic E-state index is -0.383. The van der Waals surface area contributed by atoms with Crippen LogP contribution in [-0.4, -0.2) is 19.1 Å². The van der Waals surface area contributed by atoms with E-state index in [9.17, 15) is 9.59 Å². The Morgan fingerprint density at radius 2 is 1.87 bits per heavy atom. The molecule has 2 heterocycles. The predicted octanol–water partition coefficient (Wildman–Crippen LogP) is 0.811. The van der Waals surface area contributed by atoms with Gasteiger partial charge in [-0.25, -0.2) is 9.78 Å². The van der Waals surface area contributed by atoms with Crippen molar-refractivity contribution in [2.75, 3.05) is 0 Å². The average Bonchev–Trinajstić information content (AvgIpc) is 3.01. The normalized spacial score (nSPS) is 12.7. The number of rotatable bonds is 4. The zero-order chi connectivity index (χ0) is 16.6. The fourth-order valence-electron chi connectivity index (χ4n) is 2.57. The fraction of sp³-hybridized carbons (Fsp3) is 0.312. The molecule has 120 valence electrons. The number of nitrogens with zero attached hydrogens (tertiary/aromatic N) is 3. The number of hydrogen-bond acceptors (Lipinski definition) is 4. The number of H-pyrrole nitrogens is 1. The molecule has 0 bridgehead atoms. The van der Waals surface area contributed by atoms with Crippen LogP contribution in [-0.2, 0) is 20.6 Å². The van der Waals surface area contributed by atoms with E-state index >= 15 is 0 Å². The molecular formula is C16H19N5O2. The Morgan fingerprint density at radius 1 is 1.17 bits per heavy atom. The number of aromatic nitrogens is 4. The first-order valence-electron chi connectivity index (χ1n) is 7.42. The van der Waals surface area contributed by atoms with E-state index < -0.39 is 0 Å². The van der Waals surface area contributed by atoms with Gasteiger partial charge in [0.1, 0.15) is 11.3 Å². The van der Waals surface area contributed by atoms with Gasteiger partial charge in [-0.3, -0.25) is 13.9 Å². The Morgan fingerprint density at radius 3 is 2.57 bits per heavy atom. The highest BCUT2D eigenvalue weighted by Crippen LogP contribution is 2.12. The van der Waals surface area contributed by atoms with Crippen LogP contribution in [0.3, 0.4) is 0 Å². The maximum atomic E-state index is 12.1. The summed E-state index contributed by atoms with van der Waals surface area (Å²) in [5.74, 6) is 0.626. The molecule has 2 aromatic heterocycles. The molecule has 2 N–H and O–H groups in total. The third-order valence-electron chi connectivity index (χ3n) is 4.02. The molecular weight excluding hydrogens is 294 g/mol. The number of nitrogens with one attached hydrogen (secondary N) is 2. The van der Waals surface area contributed by atoms with Crippen molar-refractivity contribution in [1.82, 2.24) is 24.4 Å². The lowest BCUT2D eigenvalue weighted by atomic mass is 10.1. The molecule has 0 aliphatic heterocycles.